The summed E-state index contributed by atoms with van der Waals surface area (Å²) in [6.45, 7) is -0.374. The van der Waals surface area contributed by atoms with Gasteiger partial charge < -0.3 is 10.5 Å². The van der Waals surface area contributed by atoms with Crippen LogP contribution in [0.4, 0.5) is 14.5 Å². The molecule has 0 unspecified atom stereocenters. The van der Waals surface area contributed by atoms with Crippen LogP contribution in [0.15, 0.2) is 18.2 Å². The van der Waals surface area contributed by atoms with Crippen LogP contribution in [0.2, 0.25) is 0 Å². The van der Waals surface area contributed by atoms with Gasteiger partial charge in [-0.2, -0.15) is 8.78 Å². The molecule has 0 bridgehead atoms. The topological polar surface area (TPSA) is 35.2 Å². The molecule has 0 radical (unpaired) electrons. The van der Waals surface area contributed by atoms with Gasteiger partial charge in [-0.3, -0.25) is 0 Å². The highest BCUT2D eigenvalue weighted by Gasteiger charge is 2.38. The molecule has 1 aliphatic heterocycles. The van der Waals surface area contributed by atoms with Crippen LogP contribution in [0.25, 0.3) is 0 Å². The van der Waals surface area contributed by atoms with Crippen molar-refractivity contribution in [3.8, 4) is 0 Å². The Morgan fingerprint density at radius 2 is 2.15 bits per heavy atom. The Morgan fingerprint density at radius 1 is 1.38 bits per heavy atom. The quantitative estimate of drug-likeness (QED) is 0.626. The fraction of sp³-hybridized carbons (Fsp3) is 0.333. The molecular formula is C9H9F2NO. The summed E-state index contributed by atoms with van der Waals surface area (Å²) in [4.78, 5) is 0. The maximum atomic E-state index is 13.2. The monoisotopic (exact) mass is 185 g/mol. The molecule has 0 spiro atoms. The summed E-state index contributed by atoms with van der Waals surface area (Å²) in [7, 11) is 0. The van der Waals surface area contributed by atoms with Crippen molar-refractivity contribution in [3.63, 3.8) is 0 Å². The minimum atomic E-state index is -2.90. The third kappa shape index (κ3) is 1.27. The Balaban J connectivity index is 2.58. The van der Waals surface area contributed by atoms with E-state index in [-0.39, 0.29) is 12.2 Å². The van der Waals surface area contributed by atoms with E-state index in [4.69, 9.17) is 10.5 Å². The molecule has 1 aromatic rings. The van der Waals surface area contributed by atoms with Crippen molar-refractivity contribution in [3.05, 3.63) is 29.3 Å². The maximum Gasteiger partial charge on any atom is 0.296 e. The van der Waals surface area contributed by atoms with Crippen LogP contribution in [0.3, 0.4) is 0 Å². The molecule has 0 saturated carbocycles. The van der Waals surface area contributed by atoms with Gasteiger partial charge in [0, 0.05) is 16.8 Å². The van der Waals surface area contributed by atoms with Crippen LogP contribution in [-0.2, 0) is 17.3 Å². The molecule has 2 N–H and O–H groups in total. The number of halogens is 2. The lowest BCUT2D eigenvalue weighted by Gasteiger charge is -2.26. The van der Waals surface area contributed by atoms with Gasteiger partial charge >= 0.3 is 0 Å². The molecule has 0 amide bonds. The number of nitrogen functional groups attached to an aromatic ring is 1. The lowest BCUT2D eigenvalue weighted by molar-refractivity contribution is -0.103. The summed E-state index contributed by atoms with van der Waals surface area (Å²) in [6, 6.07) is 4.53. The van der Waals surface area contributed by atoms with E-state index in [0.29, 0.717) is 11.3 Å². The standard InChI is InChI=1S/C9H9F2NO/c10-9(11)5-13-4-6-7(9)2-1-3-8(6)12/h1-3H,4-5,12H2. The number of benzene rings is 1. The van der Waals surface area contributed by atoms with Gasteiger partial charge in [0.25, 0.3) is 5.92 Å². The van der Waals surface area contributed by atoms with Crippen LogP contribution in [0, 0.1) is 0 Å². The Labute approximate surface area is 74.3 Å². The second kappa shape index (κ2) is 2.67. The van der Waals surface area contributed by atoms with E-state index < -0.39 is 12.5 Å². The molecule has 1 heterocycles. The van der Waals surface area contributed by atoms with Crippen LogP contribution in [-0.4, -0.2) is 6.61 Å². The van der Waals surface area contributed by atoms with Crippen LogP contribution >= 0.6 is 0 Å². The van der Waals surface area contributed by atoms with Crippen molar-refractivity contribution in [1.29, 1.82) is 0 Å². The predicted molar refractivity (Wildman–Crippen MR) is 44.4 cm³/mol. The van der Waals surface area contributed by atoms with Gasteiger partial charge in [-0.1, -0.05) is 12.1 Å². The Morgan fingerprint density at radius 3 is 2.85 bits per heavy atom. The largest absolute Gasteiger partial charge is 0.398 e. The molecule has 4 heteroatoms. The van der Waals surface area contributed by atoms with Gasteiger partial charge in [0.1, 0.15) is 6.61 Å². The summed E-state index contributed by atoms with van der Waals surface area (Å²) in [5.74, 6) is -2.90. The van der Waals surface area contributed by atoms with Crippen molar-refractivity contribution >= 4 is 5.69 Å². The smallest absolute Gasteiger partial charge is 0.296 e. The van der Waals surface area contributed by atoms with Gasteiger partial charge in [-0.25, -0.2) is 0 Å². The third-order valence-electron chi connectivity index (χ3n) is 2.14. The number of hydrogen-bond donors (Lipinski definition) is 1. The minimum absolute atomic E-state index is 0.00116. The lowest BCUT2D eigenvalue weighted by Crippen LogP contribution is -2.28. The molecule has 0 aromatic heterocycles. The van der Waals surface area contributed by atoms with E-state index in [9.17, 15) is 8.78 Å². The van der Waals surface area contributed by atoms with Crippen molar-refractivity contribution < 1.29 is 13.5 Å². The predicted octanol–water partition coefficient (Wildman–Crippen LogP) is 1.89. The number of ether oxygens (including phenoxy) is 1. The van der Waals surface area contributed by atoms with Crippen molar-refractivity contribution in [1.82, 2.24) is 0 Å². The molecule has 1 aromatic carbocycles. The zero-order chi connectivity index (χ0) is 9.47. The average molecular weight is 185 g/mol. The highest BCUT2D eigenvalue weighted by atomic mass is 19.3. The van der Waals surface area contributed by atoms with E-state index in [1.54, 1.807) is 6.07 Å². The lowest BCUT2D eigenvalue weighted by atomic mass is 9.99. The SMILES string of the molecule is Nc1cccc2c1COCC2(F)F. The zero-order valence-corrected chi connectivity index (χ0v) is 6.89. The Kier molecular flexibility index (Phi) is 1.73. The van der Waals surface area contributed by atoms with Crippen molar-refractivity contribution in [2.24, 2.45) is 0 Å². The fourth-order valence-electron chi connectivity index (χ4n) is 1.47. The number of fused-ring (bicyclic) bond motifs is 1. The summed E-state index contributed by atoms with van der Waals surface area (Å²) < 4.78 is 31.2. The number of alkyl halides is 2. The average Bonchev–Trinajstić information content (AvgIpc) is 2.06. The first-order valence-corrected chi connectivity index (χ1v) is 3.95. The summed E-state index contributed by atoms with van der Waals surface area (Å²) >= 11 is 0. The third-order valence-corrected chi connectivity index (χ3v) is 2.14. The molecule has 13 heavy (non-hydrogen) atoms. The number of rotatable bonds is 0. The fourth-order valence-corrected chi connectivity index (χ4v) is 1.47. The highest BCUT2D eigenvalue weighted by molar-refractivity contribution is 5.52. The molecule has 0 aliphatic carbocycles. The van der Waals surface area contributed by atoms with E-state index in [2.05, 4.69) is 0 Å². The summed E-state index contributed by atoms with van der Waals surface area (Å²) in [5.41, 5.74) is 6.34. The molecule has 1 aliphatic rings. The van der Waals surface area contributed by atoms with Gasteiger partial charge in [0.05, 0.1) is 6.61 Å². The van der Waals surface area contributed by atoms with Gasteiger partial charge in [0.2, 0.25) is 0 Å². The Bertz CT molecular complexity index is 338. The molecule has 70 valence electrons. The van der Waals surface area contributed by atoms with Crippen LogP contribution < -0.4 is 5.73 Å². The molecule has 2 rings (SSSR count). The first kappa shape index (κ1) is 8.44. The van der Waals surface area contributed by atoms with E-state index in [1.165, 1.54) is 12.1 Å². The van der Waals surface area contributed by atoms with Gasteiger partial charge in [-0.15, -0.1) is 0 Å². The number of nitrogens with two attached hydrogens (primary N) is 1. The second-order valence-corrected chi connectivity index (χ2v) is 3.07. The van der Waals surface area contributed by atoms with Gasteiger partial charge in [0.15, 0.2) is 0 Å². The van der Waals surface area contributed by atoms with E-state index >= 15 is 0 Å². The maximum absolute atomic E-state index is 13.2. The molecule has 0 fully saturated rings. The first-order valence-electron chi connectivity index (χ1n) is 3.95. The van der Waals surface area contributed by atoms with Gasteiger partial charge in [-0.05, 0) is 6.07 Å². The minimum Gasteiger partial charge on any atom is -0.398 e. The Hall–Kier alpha value is -1.16. The highest BCUT2D eigenvalue weighted by Crippen LogP contribution is 2.37. The number of hydrogen-bond acceptors (Lipinski definition) is 2. The summed E-state index contributed by atoms with van der Waals surface area (Å²) in [5, 5.41) is 0. The molecule has 2 nitrogen and oxygen atoms in total. The van der Waals surface area contributed by atoms with Crippen molar-refractivity contribution in [2.75, 3.05) is 12.3 Å². The molecular weight excluding hydrogens is 176 g/mol. The normalized spacial score (nSPS) is 19.5. The van der Waals surface area contributed by atoms with Crippen LogP contribution in [0.5, 0.6) is 0 Å². The van der Waals surface area contributed by atoms with E-state index in [0.717, 1.165) is 0 Å². The first-order chi connectivity index (χ1) is 6.11. The molecule has 0 atom stereocenters. The van der Waals surface area contributed by atoms with E-state index in [1.807, 2.05) is 0 Å². The zero-order valence-electron chi connectivity index (χ0n) is 6.89. The molecule has 0 saturated heterocycles. The summed E-state index contributed by atoms with van der Waals surface area (Å²) in [6.07, 6.45) is 0. The number of anilines is 1. The second-order valence-electron chi connectivity index (χ2n) is 3.07. The van der Waals surface area contributed by atoms with Crippen LogP contribution in [0.1, 0.15) is 11.1 Å². The van der Waals surface area contributed by atoms with Crippen molar-refractivity contribution in [2.45, 2.75) is 12.5 Å².